The largest absolute Gasteiger partial charge is 0.271 e. The molecule has 21 heavy (non-hydrogen) atoms. The van der Waals surface area contributed by atoms with Gasteiger partial charge < -0.3 is 0 Å². The van der Waals surface area contributed by atoms with E-state index in [0.717, 1.165) is 31.1 Å². The van der Waals surface area contributed by atoms with E-state index in [1.165, 1.54) is 4.70 Å². The van der Waals surface area contributed by atoms with E-state index in [2.05, 4.69) is 39.1 Å². The molecule has 3 N–H and O–H groups in total. The van der Waals surface area contributed by atoms with Crippen molar-refractivity contribution in [1.82, 2.24) is 10.4 Å². The smallest absolute Gasteiger partial charge is 0.0958 e. The average Bonchev–Trinajstić information content (AvgIpc) is 2.90. The number of aromatic nitrogens is 1. The Labute approximate surface area is 145 Å². The summed E-state index contributed by atoms with van der Waals surface area (Å²) in [6, 6.07) is 14.0. The second kappa shape index (κ2) is 6.58. The first-order valence-corrected chi connectivity index (χ1v) is 8.70. The second-order valence-electron chi connectivity index (χ2n) is 4.66. The predicted octanol–water partition coefficient (Wildman–Crippen LogP) is 4.30. The number of hydrogen-bond donors (Lipinski definition) is 2. The second-order valence-corrected chi connectivity index (χ2v) is 7.38. The lowest BCUT2D eigenvalue weighted by atomic mass is 10.0. The summed E-state index contributed by atoms with van der Waals surface area (Å²) in [7, 11) is 0. The summed E-state index contributed by atoms with van der Waals surface area (Å²) in [5.41, 5.74) is 5.02. The first-order valence-electron chi connectivity index (χ1n) is 6.43. The molecule has 0 spiro atoms. The number of hydrogen-bond acceptors (Lipinski definition) is 4. The average molecular weight is 430 g/mol. The molecule has 1 atom stereocenters. The summed E-state index contributed by atoms with van der Waals surface area (Å²) in [4.78, 5) is 4.67. The van der Waals surface area contributed by atoms with E-state index >= 15 is 0 Å². The van der Waals surface area contributed by atoms with Crippen molar-refractivity contribution in [2.45, 2.75) is 12.5 Å². The summed E-state index contributed by atoms with van der Waals surface area (Å²) >= 11 is 10.1. The van der Waals surface area contributed by atoms with Gasteiger partial charge in [0.25, 0.3) is 0 Å². The molecule has 0 aliphatic carbocycles. The number of hydrazine groups is 1. The lowest BCUT2D eigenvalue weighted by molar-refractivity contribution is 0.549. The van der Waals surface area contributed by atoms with Gasteiger partial charge >= 0.3 is 0 Å². The van der Waals surface area contributed by atoms with Crippen molar-refractivity contribution in [1.29, 1.82) is 0 Å². The fourth-order valence-electron chi connectivity index (χ4n) is 2.22. The van der Waals surface area contributed by atoms with Gasteiger partial charge in [-0.1, -0.05) is 23.7 Å². The minimum Gasteiger partial charge on any atom is -0.271 e. The van der Waals surface area contributed by atoms with E-state index in [1.54, 1.807) is 11.3 Å². The highest BCUT2D eigenvalue weighted by Gasteiger charge is 2.16. The van der Waals surface area contributed by atoms with Crippen molar-refractivity contribution < 1.29 is 0 Å². The van der Waals surface area contributed by atoms with Crippen LogP contribution in [0, 0.1) is 3.57 Å². The molecule has 0 aliphatic rings. The van der Waals surface area contributed by atoms with Gasteiger partial charge in [0, 0.05) is 15.0 Å². The fourth-order valence-corrected chi connectivity index (χ4v) is 4.13. The topological polar surface area (TPSA) is 50.9 Å². The molecular weight excluding hydrogens is 417 g/mol. The quantitative estimate of drug-likeness (QED) is 0.369. The summed E-state index contributed by atoms with van der Waals surface area (Å²) < 4.78 is 2.34. The summed E-state index contributed by atoms with van der Waals surface area (Å²) in [6.07, 6.45) is 0.742. The number of fused-ring (bicyclic) bond motifs is 1. The maximum absolute atomic E-state index is 6.10. The highest BCUT2D eigenvalue weighted by Crippen LogP contribution is 2.29. The van der Waals surface area contributed by atoms with Crippen molar-refractivity contribution in [3.63, 3.8) is 0 Å². The van der Waals surface area contributed by atoms with Crippen LogP contribution in [0.3, 0.4) is 0 Å². The molecule has 0 saturated carbocycles. The van der Waals surface area contributed by atoms with Crippen LogP contribution in [0.1, 0.15) is 16.6 Å². The van der Waals surface area contributed by atoms with Crippen molar-refractivity contribution in [3.8, 4) is 0 Å². The molecule has 0 aliphatic heterocycles. The van der Waals surface area contributed by atoms with Crippen LogP contribution in [-0.2, 0) is 6.42 Å². The zero-order valence-electron chi connectivity index (χ0n) is 11.0. The van der Waals surface area contributed by atoms with Crippen LogP contribution in [-0.4, -0.2) is 4.98 Å². The van der Waals surface area contributed by atoms with E-state index in [-0.39, 0.29) is 6.04 Å². The van der Waals surface area contributed by atoms with Crippen LogP contribution in [0.15, 0.2) is 42.5 Å². The maximum Gasteiger partial charge on any atom is 0.0958 e. The van der Waals surface area contributed by atoms with Crippen molar-refractivity contribution in [2.75, 3.05) is 0 Å². The lowest BCUT2D eigenvalue weighted by Gasteiger charge is -2.17. The Morgan fingerprint density at radius 3 is 2.86 bits per heavy atom. The highest BCUT2D eigenvalue weighted by atomic mass is 127. The molecular formula is C15H13ClIN3S. The third-order valence-electron chi connectivity index (χ3n) is 3.25. The van der Waals surface area contributed by atoms with Gasteiger partial charge in [-0.2, -0.15) is 0 Å². The SMILES string of the molecule is NNC(Cc1nc2ccccc2s1)c1cc(Cl)ccc1I. The molecule has 3 rings (SSSR count). The number of rotatable bonds is 4. The summed E-state index contributed by atoms with van der Waals surface area (Å²) in [5.74, 6) is 5.75. The summed E-state index contributed by atoms with van der Waals surface area (Å²) in [6.45, 7) is 0. The van der Waals surface area contributed by atoms with Gasteiger partial charge in [-0.25, -0.2) is 4.98 Å². The number of thiazole rings is 1. The third kappa shape index (κ3) is 3.37. The molecule has 2 aromatic carbocycles. The monoisotopic (exact) mass is 429 g/mol. The fraction of sp³-hybridized carbons (Fsp3) is 0.133. The van der Waals surface area contributed by atoms with E-state index < -0.39 is 0 Å². The number of para-hydroxylation sites is 1. The molecule has 0 radical (unpaired) electrons. The van der Waals surface area contributed by atoms with Crippen LogP contribution in [0.5, 0.6) is 0 Å². The van der Waals surface area contributed by atoms with Crippen molar-refractivity contribution in [2.24, 2.45) is 5.84 Å². The van der Waals surface area contributed by atoms with Crippen LogP contribution < -0.4 is 11.3 Å². The molecule has 6 heteroatoms. The van der Waals surface area contributed by atoms with Crippen molar-refractivity contribution >= 4 is 55.7 Å². The van der Waals surface area contributed by atoms with Crippen LogP contribution in [0.4, 0.5) is 0 Å². The first kappa shape index (κ1) is 15.2. The van der Waals surface area contributed by atoms with Crippen molar-refractivity contribution in [3.05, 3.63) is 61.6 Å². The number of benzene rings is 2. The molecule has 1 aromatic heterocycles. The standard InChI is InChI=1S/C15H13ClIN3S/c16-9-5-6-11(17)10(7-9)13(20-18)8-15-19-12-3-1-2-4-14(12)21-15/h1-7,13,20H,8,18H2. The Bertz CT molecular complexity index is 741. The molecule has 1 heterocycles. The van der Waals surface area contributed by atoms with Gasteiger partial charge in [-0.05, 0) is 58.5 Å². The molecule has 3 aromatic rings. The zero-order chi connectivity index (χ0) is 14.8. The van der Waals surface area contributed by atoms with Crippen LogP contribution in [0.2, 0.25) is 5.02 Å². The van der Waals surface area contributed by atoms with E-state index in [1.807, 2.05) is 36.4 Å². The molecule has 0 fully saturated rings. The Balaban J connectivity index is 1.91. The van der Waals surface area contributed by atoms with Crippen LogP contribution in [0.25, 0.3) is 10.2 Å². The summed E-state index contributed by atoms with van der Waals surface area (Å²) in [5, 5.41) is 1.78. The van der Waals surface area contributed by atoms with Gasteiger partial charge in [-0.15, -0.1) is 11.3 Å². The zero-order valence-corrected chi connectivity index (χ0v) is 14.7. The highest BCUT2D eigenvalue weighted by molar-refractivity contribution is 14.1. The molecule has 0 saturated heterocycles. The Morgan fingerprint density at radius 1 is 1.29 bits per heavy atom. The predicted molar refractivity (Wildman–Crippen MR) is 97.6 cm³/mol. The number of nitrogens with two attached hydrogens (primary N) is 1. The van der Waals surface area contributed by atoms with Gasteiger partial charge in [0.2, 0.25) is 0 Å². The van der Waals surface area contributed by atoms with Gasteiger partial charge in [0.1, 0.15) is 0 Å². The Kier molecular flexibility index (Phi) is 4.75. The third-order valence-corrected chi connectivity index (χ3v) is 5.53. The van der Waals surface area contributed by atoms with Gasteiger partial charge in [0.05, 0.1) is 21.3 Å². The van der Waals surface area contributed by atoms with E-state index in [9.17, 15) is 0 Å². The lowest BCUT2D eigenvalue weighted by Crippen LogP contribution is -2.30. The van der Waals surface area contributed by atoms with Gasteiger partial charge in [-0.3, -0.25) is 11.3 Å². The minimum absolute atomic E-state index is 0.00355. The molecule has 0 amide bonds. The normalized spacial score (nSPS) is 12.7. The number of halogens is 2. The van der Waals surface area contributed by atoms with E-state index in [4.69, 9.17) is 17.4 Å². The number of nitrogens with zero attached hydrogens (tertiary/aromatic N) is 1. The number of nitrogens with one attached hydrogen (secondary N) is 1. The minimum atomic E-state index is -0.00355. The Hall–Kier alpha value is -0.730. The molecule has 1 unspecified atom stereocenters. The molecule has 3 nitrogen and oxygen atoms in total. The van der Waals surface area contributed by atoms with Gasteiger partial charge in [0.15, 0.2) is 0 Å². The molecule has 108 valence electrons. The first-order chi connectivity index (χ1) is 10.2. The van der Waals surface area contributed by atoms with Crippen LogP contribution >= 0.6 is 45.5 Å². The Morgan fingerprint density at radius 2 is 2.10 bits per heavy atom. The van der Waals surface area contributed by atoms with E-state index in [0.29, 0.717) is 0 Å². The molecule has 0 bridgehead atoms. The maximum atomic E-state index is 6.10.